The minimum absolute atomic E-state index is 0.214. The van der Waals surface area contributed by atoms with E-state index >= 15 is 0 Å². The molecule has 2 atom stereocenters. The predicted molar refractivity (Wildman–Crippen MR) is 105 cm³/mol. The van der Waals surface area contributed by atoms with Crippen LogP contribution in [0.1, 0.15) is 29.4 Å². The van der Waals surface area contributed by atoms with Gasteiger partial charge in [-0.3, -0.25) is 4.79 Å². The molecule has 1 aromatic heterocycles. The monoisotopic (exact) mass is 434 g/mol. The first kappa shape index (κ1) is 22.1. The Labute approximate surface area is 177 Å². The fourth-order valence-electron chi connectivity index (χ4n) is 3.48. The molecule has 0 bridgehead atoms. The normalized spacial score (nSPS) is 16.1. The molecule has 10 nitrogen and oxygen atoms in total. The van der Waals surface area contributed by atoms with E-state index in [0.717, 1.165) is 12.8 Å². The summed E-state index contributed by atoms with van der Waals surface area (Å²) in [6, 6.07) is 1.55. The standard InChI is InChI=1S/C20H23FN4O6/c1-29-11-4-5-12(13(21)8-11)18-17-14(22-10-23-17)6-7-25(18)20(28)24-15(19(27)31-3)9-16(26)30-2/h4-5,8,10,15,18H,6-7,9H2,1-3H3,(H,22,23)(H,24,28)/t15-,18-/m1/s1. The lowest BCUT2D eigenvalue weighted by Crippen LogP contribution is -2.52. The van der Waals surface area contributed by atoms with E-state index in [2.05, 4.69) is 24.8 Å². The average Bonchev–Trinajstić information content (AvgIpc) is 3.26. The number of carbonyl (C=O) groups is 3. The first-order chi connectivity index (χ1) is 14.9. The molecular formula is C20H23FN4O6. The lowest BCUT2D eigenvalue weighted by Gasteiger charge is -2.36. The van der Waals surface area contributed by atoms with Gasteiger partial charge in [0, 0.05) is 30.3 Å². The second-order valence-electron chi connectivity index (χ2n) is 6.81. The number of methoxy groups -OCH3 is 3. The summed E-state index contributed by atoms with van der Waals surface area (Å²) in [5, 5.41) is 2.49. The molecule has 11 heteroatoms. The first-order valence-corrected chi connectivity index (χ1v) is 9.47. The van der Waals surface area contributed by atoms with Crippen LogP contribution in [-0.2, 0) is 25.5 Å². The SMILES string of the molecule is COC(=O)C[C@@H](NC(=O)N1CCc2[nH]cnc2[C@H]1c1ccc(OC)cc1F)C(=O)OC. The molecule has 1 aromatic carbocycles. The van der Waals surface area contributed by atoms with Crippen LogP contribution >= 0.6 is 0 Å². The molecule has 31 heavy (non-hydrogen) atoms. The molecule has 0 saturated heterocycles. The number of nitrogens with zero attached hydrogens (tertiary/aromatic N) is 2. The van der Waals surface area contributed by atoms with Gasteiger partial charge in [0.15, 0.2) is 0 Å². The number of nitrogens with one attached hydrogen (secondary N) is 2. The Morgan fingerprint density at radius 3 is 2.71 bits per heavy atom. The van der Waals surface area contributed by atoms with Gasteiger partial charge in [-0.25, -0.2) is 19.0 Å². The molecule has 3 rings (SSSR count). The number of carbonyl (C=O) groups excluding carboxylic acids is 3. The summed E-state index contributed by atoms with van der Waals surface area (Å²) in [5.74, 6) is -1.73. The van der Waals surface area contributed by atoms with Crippen LogP contribution in [0.15, 0.2) is 24.5 Å². The third-order valence-electron chi connectivity index (χ3n) is 5.07. The Hall–Kier alpha value is -3.63. The highest BCUT2D eigenvalue weighted by Crippen LogP contribution is 2.35. The molecule has 0 spiro atoms. The number of urea groups is 1. The number of halogens is 1. The van der Waals surface area contributed by atoms with Crippen molar-refractivity contribution in [1.29, 1.82) is 0 Å². The first-order valence-electron chi connectivity index (χ1n) is 9.47. The van der Waals surface area contributed by atoms with Crippen LogP contribution in [0.5, 0.6) is 5.75 Å². The predicted octanol–water partition coefficient (Wildman–Crippen LogP) is 1.32. The van der Waals surface area contributed by atoms with Crippen molar-refractivity contribution in [2.24, 2.45) is 0 Å². The third-order valence-corrected chi connectivity index (χ3v) is 5.07. The Balaban J connectivity index is 1.93. The van der Waals surface area contributed by atoms with Crippen LogP contribution in [0.3, 0.4) is 0 Å². The number of esters is 2. The molecule has 2 aromatic rings. The molecule has 0 unspecified atom stereocenters. The lowest BCUT2D eigenvalue weighted by molar-refractivity contribution is -0.149. The minimum atomic E-state index is -1.26. The van der Waals surface area contributed by atoms with Gasteiger partial charge in [0.05, 0.1) is 39.8 Å². The van der Waals surface area contributed by atoms with Crippen molar-refractivity contribution in [3.63, 3.8) is 0 Å². The summed E-state index contributed by atoms with van der Waals surface area (Å²) in [6.45, 7) is 0.225. The van der Waals surface area contributed by atoms with E-state index in [1.165, 1.54) is 37.6 Å². The summed E-state index contributed by atoms with van der Waals surface area (Å²) >= 11 is 0. The number of ether oxygens (including phenoxy) is 3. The van der Waals surface area contributed by atoms with Crippen LogP contribution in [0.25, 0.3) is 0 Å². The zero-order valence-electron chi connectivity index (χ0n) is 17.3. The molecule has 2 N–H and O–H groups in total. The molecule has 166 valence electrons. The van der Waals surface area contributed by atoms with E-state index in [1.54, 1.807) is 6.07 Å². The highest BCUT2D eigenvalue weighted by atomic mass is 19.1. The summed E-state index contributed by atoms with van der Waals surface area (Å²) in [4.78, 5) is 45.5. The molecule has 0 fully saturated rings. The highest BCUT2D eigenvalue weighted by molar-refractivity contribution is 5.87. The van der Waals surface area contributed by atoms with Gasteiger partial charge in [0.25, 0.3) is 0 Å². The number of hydrogen-bond acceptors (Lipinski definition) is 7. The van der Waals surface area contributed by atoms with Gasteiger partial charge in [-0.15, -0.1) is 0 Å². The number of benzene rings is 1. The second kappa shape index (κ2) is 9.45. The van der Waals surface area contributed by atoms with Crippen molar-refractivity contribution in [3.8, 4) is 5.75 Å². The Kier molecular flexibility index (Phi) is 6.73. The molecule has 2 amide bonds. The molecular weight excluding hydrogens is 411 g/mol. The van der Waals surface area contributed by atoms with Crippen LogP contribution in [0, 0.1) is 5.82 Å². The van der Waals surface area contributed by atoms with Crippen molar-refractivity contribution < 1.29 is 33.0 Å². The lowest BCUT2D eigenvalue weighted by atomic mass is 9.95. The molecule has 0 saturated carbocycles. The van der Waals surface area contributed by atoms with E-state index in [4.69, 9.17) is 4.74 Å². The summed E-state index contributed by atoms with van der Waals surface area (Å²) in [5.41, 5.74) is 1.49. The molecule has 0 aliphatic carbocycles. The zero-order valence-corrected chi connectivity index (χ0v) is 17.3. The molecule has 1 aliphatic heterocycles. The van der Waals surface area contributed by atoms with Crippen LogP contribution < -0.4 is 10.1 Å². The van der Waals surface area contributed by atoms with E-state index in [1.807, 2.05) is 0 Å². The third kappa shape index (κ3) is 4.60. The summed E-state index contributed by atoms with van der Waals surface area (Å²) in [6.07, 6.45) is 1.53. The highest BCUT2D eigenvalue weighted by Gasteiger charge is 2.37. The summed E-state index contributed by atoms with van der Waals surface area (Å²) < 4.78 is 29.2. The average molecular weight is 434 g/mol. The van der Waals surface area contributed by atoms with Gasteiger partial charge < -0.3 is 29.4 Å². The molecule has 2 heterocycles. The van der Waals surface area contributed by atoms with Gasteiger partial charge in [0.1, 0.15) is 23.7 Å². The van der Waals surface area contributed by atoms with E-state index < -0.39 is 42.3 Å². The van der Waals surface area contributed by atoms with Gasteiger partial charge in [-0.1, -0.05) is 0 Å². The Morgan fingerprint density at radius 2 is 2.06 bits per heavy atom. The number of amides is 2. The topological polar surface area (TPSA) is 123 Å². The van der Waals surface area contributed by atoms with Crippen LogP contribution in [0.2, 0.25) is 0 Å². The quantitative estimate of drug-likeness (QED) is 0.658. The van der Waals surface area contributed by atoms with Gasteiger partial charge in [-0.05, 0) is 12.1 Å². The van der Waals surface area contributed by atoms with E-state index in [9.17, 15) is 18.8 Å². The maximum atomic E-state index is 14.9. The number of imidazole rings is 1. The second-order valence-corrected chi connectivity index (χ2v) is 6.81. The van der Waals surface area contributed by atoms with E-state index in [-0.39, 0.29) is 12.1 Å². The van der Waals surface area contributed by atoms with Gasteiger partial charge >= 0.3 is 18.0 Å². The maximum absolute atomic E-state index is 14.9. The molecule has 1 aliphatic rings. The van der Waals surface area contributed by atoms with Gasteiger partial charge in [0.2, 0.25) is 0 Å². The summed E-state index contributed by atoms with van der Waals surface area (Å²) in [7, 11) is 3.74. The maximum Gasteiger partial charge on any atom is 0.329 e. The number of hydrogen-bond donors (Lipinski definition) is 2. The molecule has 0 radical (unpaired) electrons. The smallest absolute Gasteiger partial charge is 0.329 e. The van der Waals surface area contributed by atoms with Crippen molar-refractivity contribution in [1.82, 2.24) is 20.2 Å². The zero-order chi connectivity index (χ0) is 22.5. The Bertz CT molecular complexity index is 978. The fraction of sp³-hybridized carbons (Fsp3) is 0.400. The minimum Gasteiger partial charge on any atom is -0.497 e. The van der Waals surface area contributed by atoms with Crippen LogP contribution in [-0.4, -0.2) is 66.8 Å². The largest absolute Gasteiger partial charge is 0.497 e. The Morgan fingerprint density at radius 1 is 1.29 bits per heavy atom. The fourth-order valence-corrected chi connectivity index (χ4v) is 3.48. The number of aromatic nitrogens is 2. The van der Waals surface area contributed by atoms with E-state index in [0.29, 0.717) is 17.9 Å². The van der Waals surface area contributed by atoms with Crippen molar-refractivity contribution >= 4 is 18.0 Å². The van der Waals surface area contributed by atoms with Crippen molar-refractivity contribution in [2.75, 3.05) is 27.9 Å². The van der Waals surface area contributed by atoms with Crippen molar-refractivity contribution in [3.05, 3.63) is 47.3 Å². The number of rotatable bonds is 6. The number of H-pyrrole nitrogens is 1. The number of fused-ring (bicyclic) bond motifs is 1. The number of aromatic amines is 1. The van der Waals surface area contributed by atoms with Crippen molar-refractivity contribution in [2.45, 2.75) is 24.9 Å². The van der Waals surface area contributed by atoms with Gasteiger partial charge in [-0.2, -0.15) is 0 Å². The van der Waals surface area contributed by atoms with Crippen LogP contribution in [0.4, 0.5) is 9.18 Å².